The van der Waals surface area contributed by atoms with Crippen LogP contribution in [-0.2, 0) is 10.0 Å². The highest BCUT2D eigenvalue weighted by atomic mass is 32.2. The molecule has 7 heteroatoms. The van der Waals surface area contributed by atoms with E-state index >= 15 is 0 Å². The van der Waals surface area contributed by atoms with Crippen LogP contribution in [0.5, 0.6) is 0 Å². The Balaban J connectivity index is 2.12. The quantitative estimate of drug-likeness (QED) is 0.793. The summed E-state index contributed by atoms with van der Waals surface area (Å²) in [5.41, 5.74) is 1.82. The fraction of sp³-hybridized carbons (Fsp3) is 0.300. The van der Waals surface area contributed by atoms with Crippen LogP contribution in [-0.4, -0.2) is 31.7 Å². The summed E-state index contributed by atoms with van der Waals surface area (Å²) in [5.74, 6) is -0.293. The van der Waals surface area contributed by atoms with Crippen LogP contribution in [0.25, 0.3) is 0 Å². The number of nitrogens with one attached hydrogen (secondary N) is 1. The van der Waals surface area contributed by atoms with Crippen molar-refractivity contribution in [3.05, 3.63) is 65.2 Å². The number of benzene rings is 2. The van der Waals surface area contributed by atoms with Crippen molar-refractivity contribution in [1.82, 2.24) is 9.62 Å². The number of rotatable bonds is 7. The van der Waals surface area contributed by atoms with E-state index in [1.807, 2.05) is 6.92 Å². The van der Waals surface area contributed by atoms with Crippen LogP contribution in [0.1, 0.15) is 48.3 Å². The van der Waals surface area contributed by atoms with Crippen molar-refractivity contribution < 1.29 is 13.2 Å². The largest absolute Gasteiger partial charge is 0.346 e. The van der Waals surface area contributed by atoms with Gasteiger partial charge >= 0.3 is 0 Å². The summed E-state index contributed by atoms with van der Waals surface area (Å²) in [6, 6.07) is 14.7. The van der Waals surface area contributed by atoms with Gasteiger partial charge in [0.2, 0.25) is 10.0 Å². The first-order valence-electron chi connectivity index (χ1n) is 8.74. The van der Waals surface area contributed by atoms with Crippen molar-refractivity contribution in [2.75, 3.05) is 13.1 Å². The van der Waals surface area contributed by atoms with Crippen LogP contribution in [0.4, 0.5) is 0 Å². The van der Waals surface area contributed by atoms with Crippen molar-refractivity contribution in [2.45, 2.75) is 31.7 Å². The van der Waals surface area contributed by atoms with Gasteiger partial charge in [-0.05, 0) is 48.9 Å². The Kier molecular flexibility index (Phi) is 6.72. The van der Waals surface area contributed by atoms with Gasteiger partial charge in [-0.25, -0.2) is 8.42 Å². The average molecular weight is 385 g/mol. The standard InChI is InChI=1S/C20H23N3O3S/c1-4-23(5-2)27(25,26)19-12-10-18(11-13-19)20(24)22-15(3)17-8-6-16(14-21)7-9-17/h6-13,15H,4-5H2,1-3H3,(H,22,24). The molecule has 2 rings (SSSR count). The Morgan fingerprint density at radius 1 is 1.07 bits per heavy atom. The van der Waals surface area contributed by atoms with Gasteiger partial charge in [0.15, 0.2) is 0 Å². The van der Waals surface area contributed by atoms with E-state index in [0.717, 1.165) is 5.56 Å². The zero-order valence-electron chi connectivity index (χ0n) is 15.6. The molecule has 0 saturated carbocycles. The molecule has 27 heavy (non-hydrogen) atoms. The molecular formula is C20H23N3O3S. The minimum absolute atomic E-state index is 0.169. The fourth-order valence-electron chi connectivity index (χ4n) is 2.70. The smallest absolute Gasteiger partial charge is 0.251 e. The lowest BCUT2D eigenvalue weighted by Crippen LogP contribution is -2.30. The maximum absolute atomic E-state index is 12.5. The maximum atomic E-state index is 12.5. The first-order chi connectivity index (χ1) is 12.8. The summed E-state index contributed by atoms with van der Waals surface area (Å²) in [4.78, 5) is 12.6. The molecule has 0 saturated heterocycles. The minimum Gasteiger partial charge on any atom is -0.346 e. The molecule has 0 aliphatic carbocycles. The second kappa shape index (κ2) is 8.80. The summed E-state index contributed by atoms with van der Waals surface area (Å²) in [6.45, 7) is 6.20. The number of carbonyl (C=O) groups excluding carboxylic acids is 1. The molecule has 0 bridgehead atoms. The van der Waals surface area contributed by atoms with Crippen molar-refractivity contribution >= 4 is 15.9 Å². The first-order valence-corrected chi connectivity index (χ1v) is 10.2. The Hall–Kier alpha value is -2.69. The van der Waals surface area contributed by atoms with Crippen LogP contribution < -0.4 is 5.32 Å². The molecule has 1 amide bonds. The van der Waals surface area contributed by atoms with Gasteiger partial charge in [-0.15, -0.1) is 0 Å². The summed E-state index contributed by atoms with van der Waals surface area (Å²) in [6.07, 6.45) is 0. The average Bonchev–Trinajstić information content (AvgIpc) is 2.68. The highest BCUT2D eigenvalue weighted by Crippen LogP contribution is 2.18. The van der Waals surface area contributed by atoms with Crippen LogP contribution in [0.15, 0.2) is 53.4 Å². The van der Waals surface area contributed by atoms with Gasteiger partial charge in [0.05, 0.1) is 22.6 Å². The summed E-state index contributed by atoms with van der Waals surface area (Å²) in [5, 5.41) is 11.7. The second-order valence-corrected chi connectivity index (χ2v) is 7.98. The number of amides is 1. The Labute approximate surface area is 160 Å². The molecule has 0 aliphatic heterocycles. The van der Waals surface area contributed by atoms with E-state index in [4.69, 9.17) is 5.26 Å². The van der Waals surface area contributed by atoms with Crippen molar-refractivity contribution in [2.24, 2.45) is 0 Å². The van der Waals surface area contributed by atoms with E-state index in [9.17, 15) is 13.2 Å². The van der Waals surface area contributed by atoms with Gasteiger partial charge < -0.3 is 5.32 Å². The topological polar surface area (TPSA) is 90.3 Å². The van der Waals surface area contributed by atoms with Crippen molar-refractivity contribution in [1.29, 1.82) is 5.26 Å². The summed E-state index contributed by atoms with van der Waals surface area (Å²) < 4.78 is 26.4. The Morgan fingerprint density at radius 2 is 1.63 bits per heavy atom. The molecule has 1 unspecified atom stereocenters. The van der Waals surface area contributed by atoms with E-state index in [0.29, 0.717) is 24.2 Å². The predicted molar refractivity (Wildman–Crippen MR) is 104 cm³/mol. The van der Waals surface area contributed by atoms with Gasteiger partial charge in [0, 0.05) is 18.7 Å². The minimum atomic E-state index is -3.54. The number of nitrogens with zero attached hydrogens (tertiary/aromatic N) is 2. The molecule has 0 heterocycles. The SMILES string of the molecule is CCN(CC)S(=O)(=O)c1ccc(C(=O)NC(C)c2ccc(C#N)cc2)cc1. The molecule has 0 spiro atoms. The van der Waals surface area contributed by atoms with Gasteiger partial charge in [0.1, 0.15) is 0 Å². The van der Waals surface area contributed by atoms with Crippen LogP contribution in [0.3, 0.4) is 0 Å². The molecule has 0 radical (unpaired) electrons. The number of sulfonamides is 1. The highest BCUT2D eigenvalue weighted by molar-refractivity contribution is 7.89. The zero-order valence-corrected chi connectivity index (χ0v) is 16.5. The van der Waals surface area contributed by atoms with Gasteiger partial charge in [-0.3, -0.25) is 4.79 Å². The normalized spacial score (nSPS) is 12.4. The molecular weight excluding hydrogens is 362 g/mol. The van der Waals surface area contributed by atoms with E-state index in [1.165, 1.54) is 28.6 Å². The second-order valence-electron chi connectivity index (χ2n) is 6.04. The Bertz CT molecular complexity index is 926. The molecule has 0 fully saturated rings. The number of hydrogen-bond donors (Lipinski definition) is 1. The van der Waals surface area contributed by atoms with Crippen molar-refractivity contribution in [3.8, 4) is 6.07 Å². The van der Waals surface area contributed by atoms with E-state index in [1.54, 1.807) is 38.1 Å². The first kappa shape index (κ1) is 20.6. The molecule has 0 aliphatic rings. The van der Waals surface area contributed by atoms with Gasteiger partial charge in [0.25, 0.3) is 5.91 Å². The third-order valence-electron chi connectivity index (χ3n) is 4.35. The van der Waals surface area contributed by atoms with E-state index in [-0.39, 0.29) is 16.8 Å². The summed E-state index contributed by atoms with van der Waals surface area (Å²) >= 11 is 0. The molecule has 6 nitrogen and oxygen atoms in total. The highest BCUT2D eigenvalue weighted by Gasteiger charge is 2.22. The fourth-order valence-corrected chi connectivity index (χ4v) is 4.16. The number of hydrogen-bond acceptors (Lipinski definition) is 4. The number of carbonyl (C=O) groups is 1. The lowest BCUT2D eigenvalue weighted by Gasteiger charge is -2.18. The predicted octanol–water partition coefficient (Wildman–Crippen LogP) is 3.08. The molecule has 1 atom stereocenters. The van der Waals surface area contributed by atoms with Crippen LogP contribution in [0, 0.1) is 11.3 Å². The monoisotopic (exact) mass is 385 g/mol. The molecule has 0 aromatic heterocycles. The summed E-state index contributed by atoms with van der Waals surface area (Å²) in [7, 11) is -3.54. The lowest BCUT2D eigenvalue weighted by atomic mass is 10.1. The van der Waals surface area contributed by atoms with Crippen LogP contribution in [0.2, 0.25) is 0 Å². The van der Waals surface area contributed by atoms with Crippen LogP contribution >= 0.6 is 0 Å². The maximum Gasteiger partial charge on any atom is 0.251 e. The zero-order chi connectivity index (χ0) is 20.0. The molecule has 2 aromatic carbocycles. The van der Waals surface area contributed by atoms with E-state index in [2.05, 4.69) is 11.4 Å². The molecule has 1 N–H and O–H groups in total. The molecule has 142 valence electrons. The van der Waals surface area contributed by atoms with E-state index < -0.39 is 10.0 Å². The third-order valence-corrected chi connectivity index (χ3v) is 6.41. The lowest BCUT2D eigenvalue weighted by molar-refractivity contribution is 0.0940. The Morgan fingerprint density at radius 3 is 2.11 bits per heavy atom. The van der Waals surface area contributed by atoms with Gasteiger partial charge in [-0.2, -0.15) is 9.57 Å². The van der Waals surface area contributed by atoms with Gasteiger partial charge in [-0.1, -0.05) is 26.0 Å². The molecule has 2 aromatic rings. The third kappa shape index (κ3) is 4.73. The number of nitriles is 1. The van der Waals surface area contributed by atoms with Crippen molar-refractivity contribution in [3.63, 3.8) is 0 Å².